The number of ether oxygens (including phenoxy) is 1. The highest BCUT2D eigenvalue weighted by atomic mass is 32.1. The van der Waals surface area contributed by atoms with Crippen LogP contribution in [-0.2, 0) is 28.0 Å². The summed E-state index contributed by atoms with van der Waals surface area (Å²) < 4.78 is 6.15. The molecular formula is C20H21NO4S. The van der Waals surface area contributed by atoms with E-state index in [-0.39, 0.29) is 5.91 Å². The molecule has 0 bridgehead atoms. The van der Waals surface area contributed by atoms with Crippen molar-refractivity contribution in [2.45, 2.75) is 31.3 Å². The van der Waals surface area contributed by atoms with Crippen molar-refractivity contribution < 1.29 is 19.4 Å². The number of rotatable bonds is 3. The van der Waals surface area contributed by atoms with Crippen LogP contribution in [0.3, 0.4) is 0 Å². The Bertz CT molecular complexity index is 822. The second-order valence-electron chi connectivity index (χ2n) is 6.91. The number of carbonyl (C=O) groups is 2. The number of thiophene rings is 1. The van der Waals surface area contributed by atoms with Gasteiger partial charge in [0.05, 0.1) is 13.0 Å². The second kappa shape index (κ2) is 6.85. The summed E-state index contributed by atoms with van der Waals surface area (Å²) in [5.74, 6) is -0.741. The van der Waals surface area contributed by atoms with Gasteiger partial charge in [0, 0.05) is 18.0 Å². The van der Waals surface area contributed by atoms with Gasteiger partial charge in [-0.3, -0.25) is 4.79 Å². The third-order valence-electron chi connectivity index (χ3n) is 5.31. The first-order chi connectivity index (χ1) is 12.6. The lowest BCUT2D eigenvalue weighted by Crippen LogP contribution is -2.48. The highest BCUT2D eigenvalue weighted by molar-refractivity contribution is 7.14. The maximum atomic E-state index is 12.6. The first-order valence-corrected chi connectivity index (χ1v) is 9.71. The molecule has 0 atom stereocenters. The number of nitrogens with zero attached hydrogens (tertiary/aromatic N) is 1. The molecule has 1 amide bonds. The van der Waals surface area contributed by atoms with Crippen molar-refractivity contribution in [1.82, 2.24) is 4.90 Å². The van der Waals surface area contributed by atoms with E-state index in [0.29, 0.717) is 31.0 Å². The third kappa shape index (κ3) is 3.15. The zero-order chi connectivity index (χ0) is 18.1. The largest absolute Gasteiger partial charge is 0.477 e. The van der Waals surface area contributed by atoms with Gasteiger partial charge in [0.1, 0.15) is 10.5 Å². The summed E-state index contributed by atoms with van der Waals surface area (Å²) in [6.45, 7) is 1.90. The molecule has 1 spiro atoms. The van der Waals surface area contributed by atoms with E-state index in [9.17, 15) is 14.7 Å². The first kappa shape index (κ1) is 17.2. The molecule has 26 heavy (non-hydrogen) atoms. The fraction of sp³-hybridized carbons (Fsp3) is 0.400. The minimum Gasteiger partial charge on any atom is -0.477 e. The first-order valence-electron chi connectivity index (χ1n) is 8.89. The minimum atomic E-state index is -0.880. The number of benzene rings is 1. The number of carboxylic acid groups (broad SMARTS) is 1. The molecule has 2 aliphatic rings. The quantitative estimate of drug-likeness (QED) is 0.900. The van der Waals surface area contributed by atoms with E-state index in [4.69, 9.17) is 4.74 Å². The molecule has 6 heteroatoms. The summed E-state index contributed by atoms with van der Waals surface area (Å²) in [4.78, 5) is 27.2. The number of hydrogen-bond acceptors (Lipinski definition) is 4. The Morgan fingerprint density at radius 2 is 1.92 bits per heavy atom. The molecule has 136 valence electrons. The lowest BCUT2D eigenvalue weighted by atomic mass is 9.85. The van der Waals surface area contributed by atoms with E-state index in [0.717, 1.165) is 35.3 Å². The van der Waals surface area contributed by atoms with Crippen LogP contribution in [0, 0.1) is 0 Å². The Hall–Kier alpha value is -2.18. The monoisotopic (exact) mass is 371 g/mol. The molecule has 5 nitrogen and oxygen atoms in total. The molecule has 4 rings (SSSR count). The molecule has 1 fully saturated rings. The Morgan fingerprint density at radius 3 is 2.62 bits per heavy atom. The van der Waals surface area contributed by atoms with Crippen molar-refractivity contribution >= 4 is 23.2 Å². The smallest absolute Gasteiger partial charge is 0.345 e. The van der Waals surface area contributed by atoms with Crippen molar-refractivity contribution in [2.24, 2.45) is 0 Å². The molecule has 2 aliphatic heterocycles. The van der Waals surface area contributed by atoms with E-state index < -0.39 is 11.6 Å². The molecule has 0 aliphatic carbocycles. The molecule has 1 saturated heterocycles. The van der Waals surface area contributed by atoms with Gasteiger partial charge in [0.15, 0.2) is 0 Å². The fourth-order valence-corrected chi connectivity index (χ4v) is 5.15. The molecule has 1 N–H and O–H groups in total. The highest BCUT2D eigenvalue weighted by Crippen LogP contribution is 2.45. The van der Waals surface area contributed by atoms with Gasteiger partial charge in [-0.2, -0.15) is 0 Å². The molecule has 0 unspecified atom stereocenters. The molecule has 0 radical (unpaired) electrons. The number of hydrogen-bond donors (Lipinski definition) is 1. The van der Waals surface area contributed by atoms with Crippen molar-refractivity contribution in [1.29, 1.82) is 0 Å². The van der Waals surface area contributed by atoms with Crippen LogP contribution in [0.15, 0.2) is 36.4 Å². The maximum absolute atomic E-state index is 12.6. The van der Waals surface area contributed by atoms with Gasteiger partial charge in [0.2, 0.25) is 5.91 Å². The average Bonchev–Trinajstić information content (AvgIpc) is 3.10. The molecule has 2 aromatic rings. The standard InChI is InChI=1S/C20H21NO4S/c22-17(12-14-4-2-1-3-5-14)21-9-7-20(8-10-21)18-15(6-11-25-20)13-16(26-18)19(23)24/h1-5,13H,6-12H2,(H,23,24). The average molecular weight is 371 g/mol. The van der Waals surface area contributed by atoms with E-state index >= 15 is 0 Å². The topological polar surface area (TPSA) is 66.8 Å². The molecular weight excluding hydrogens is 350 g/mol. The van der Waals surface area contributed by atoms with Gasteiger partial charge in [-0.15, -0.1) is 11.3 Å². The van der Waals surface area contributed by atoms with Crippen LogP contribution in [0.5, 0.6) is 0 Å². The molecule has 0 saturated carbocycles. The number of aromatic carboxylic acids is 1. The Morgan fingerprint density at radius 1 is 1.19 bits per heavy atom. The molecule has 1 aromatic heterocycles. The Balaban J connectivity index is 1.47. The van der Waals surface area contributed by atoms with Gasteiger partial charge in [-0.05, 0) is 36.5 Å². The summed E-state index contributed by atoms with van der Waals surface area (Å²) in [6, 6.07) is 11.6. The minimum absolute atomic E-state index is 0.138. The Labute approximate surface area is 156 Å². The van der Waals surface area contributed by atoms with E-state index in [2.05, 4.69) is 0 Å². The SMILES string of the molecule is O=C(O)c1cc2c(s1)C1(CCN(C(=O)Cc3ccccc3)CC1)OCC2. The second-order valence-corrected chi connectivity index (χ2v) is 7.96. The van der Waals surface area contributed by atoms with Gasteiger partial charge >= 0.3 is 5.97 Å². The maximum Gasteiger partial charge on any atom is 0.345 e. The van der Waals surface area contributed by atoms with Gasteiger partial charge < -0.3 is 14.7 Å². The predicted molar refractivity (Wildman–Crippen MR) is 98.6 cm³/mol. The van der Waals surface area contributed by atoms with Crippen LogP contribution in [-0.4, -0.2) is 41.6 Å². The lowest BCUT2D eigenvalue weighted by Gasteiger charge is -2.43. The van der Waals surface area contributed by atoms with Gasteiger partial charge in [-0.1, -0.05) is 30.3 Å². The van der Waals surface area contributed by atoms with Crippen molar-refractivity contribution in [3.8, 4) is 0 Å². The fourth-order valence-electron chi connectivity index (χ4n) is 3.90. The summed E-state index contributed by atoms with van der Waals surface area (Å²) in [5.41, 5.74) is 1.70. The van der Waals surface area contributed by atoms with Crippen LogP contribution in [0.1, 0.15) is 38.5 Å². The van der Waals surface area contributed by atoms with E-state index in [1.54, 1.807) is 6.07 Å². The summed E-state index contributed by atoms with van der Waals surface area (Å²) >= 11 is 1.33. The van der Waals surface area contributed by atoms with Crippen LogP contribution in [0.2, 0.25) is 0 Å². The normalized spacial score (nSPS) is 18.5. The van der Waals surface area contributed by atoms with Crippen molar-refractivity contribution in [3.63, 3.8) is 0 Å². The van der Waals surface area contributed by atoms with E-state index in [1.807, 2.05) is 35.2 Å². The van der Waals surface area contributed by atoms with Gasteiger partial charge in [-0.25, -0.2) is 4.79 Å². The molecule has 1 aromatic carbocycles. The number of fused-ring (bicyclic) bond motifs is 2. The highest BCUT2D eigenvalue weighted by Gasteiger charge is 2.43. The van der Waals surface area contributed by atoms with Crippen LogP contribution in [0.4, 0.5) is 0 Å². The number of carboxylic acids is 1. The zero-order valence-electron chi connectivity index (χ0n) is 14.4. The third-order valence-corrected chi connectivity index (χ3v) is 6.66. The summed E-state index contributed by atoms with van der Waals surface area (Å²) in [5, 5.41) is 9.29. The van der Waals surface area contributed by atoms with Crippen LogP contribution in [0.25, 0.3) is 0 Å². The number of carbonyl (C=O) groups excluding carboxylic acids is 1. The number of amides is 1. The summed E-state index contributed by atoms with van der Waals surface area (Å²) in [7, 11) is 0. The Kier molecular flexibility index (Phi) is 4.54. The van der Waals surface area contributed by atoms with Crippen LogP contribution >= 0.6 is 11.3 Å². The molecule has 3 heterocycles. The summed E-state index contributed by atoms with van der Waals surface area (Å²) in [6.07, 6.45) is 2.62. The predicted octanol–water partition coefficient (Wildman–Crippen LogP) is 3.08. The van der Waals surface area contributed by atoms with E-state index in [1.165, 1.54) is 11.3 Å². The number of piperidine rings is 1. The lowest BCUT2D eigenvalue weighted by molar-refractivity contribution is -0.139. The zero-order valence-corrected chi connectivity index (χ0v) is 15.3. The van der Waals surface area contributed by atoms with Crippen molar-refractivity contribution in [3.05, 3.63) is 57.3 Å². The van der Waals surface area contributed by atoms with Gasteiger partial charge in [0.25, 0.3) is 0 Å². The van der Waals surface area contributed by atoms with Crippen molar-refractivity contribution in [2.75, 3.05) is 19.7 Å². The van der Waals surface area contributed by atoms with Crippen LogP contribution < -0.4 is 0 Å². The number of likely N-dealkylation sites (tertiary alicyclic amines) is 1.